The summed E-state index contributed by atoms with van der Waals surface area (Å²) in [7, 11) is 0. The number of rotatable bonds is 6. The fourth-order valence-electron chi connectivity index (χ4n) is 2.27. The number of nitrogens with zero attached hydrogens (tertiary/aromatic N) is 2. The van der Waals surface area contributed by atoms with Crippen LogP contribution in [0, 0.1) is 0 Å². The third-order valence-corrected chi connectivity index (χ3v) is 5.83. The lowest BCUT2D eigenvalue weighted by atomic mass is 10.1. The van der Waals surface area contributed by atoms with Crippen molar-refractivity contribution in [1.82, 2.24) is 9.97 Å². The number of carbonyl (C=O) groups excluding carboxylic acids is 1. The maximum absolute atomic E-state index is 12.0. The summed E-state index contributed by atoms with van der Waals surface area (Å²) in [6.45, 7) is 3.88. The van der Waals surface area contributed by atoms with Gasteiger partial charge in [0.2, 0.25) is 0 Å². The van der Waals surface area contributed by atoms with Crippen LogP contribution in [-0.2, 0) is 9.53 Å². The normalized spacial score (nSPS) is 12.3. The van der Waals surface area contributed by atoms with Gasteiger partial charge in [-0.05, 0) is 31.0 Å². The van der Waals surface area contributed by atoms with Gasteiger partial charge in [0.05, 0.1) is 17.2 Å². The zero-order chi connectivity index (χ0) is 17.8. The van der Waals surface area contributed by atoms with Gasteiger partial charge in [0, 0.05) is 16.0 Å². The van der Waals surface area contributed by atoms with E-state index in [0.717, 1.165) is 32.8 Å². The Morgan fingerprint density at radius 1 is 1.32 bits per heavy atom. The van der Waals surface area contributed by atoms with Gasteiger partial charge in [-0.1, -0.05) is 42.4 Å². The number of thioether (sulfide) groups is 1. The molecule has 130 valence electrons. The van der Waals surface area contributed by atoms with Crippen LogP contribution in [0.5, 0.6) is 0 Å². The van der Waals surface area contributed by atoms with Crippen LogP contribution >= 0.6 is 34.7 Å². The molecule has 2 aromatic heterocycles. The van der Waals surface area contributed by atoms with Crippen molar-refractivity contribution in [3.05, 3.63) is 41.0 Å². The average Bonchev–Trinajstić information content (AvgIpc) is 3.05. The highest BCUT2D eigenvalue weighted by Gasteiger charge is 2.16. The van der Waals surface area contributed by atoms with Crippen LogP contribution in [0.3, 0.4) is 0 Å². The van der Waals surface area contributed by atoms with Crippen LogP contribution in [0.4, 0.5) is 0 Å². The van der Waals surface area contributed by atoms with E-state index in [-0.39, 0.29) is 17.8 Å². The number of hydrogen-bond donors (Lipinski definition) is 0. The minimum atomic E-state index is -0.227. The Labute approximate surface area is 159 Å². The molecule has 0 bridgehead atoms. The quantitative estimate of drug-likeness (QED) is 0.317. The predicted octanol–water partition coefficient (Wildman–Crippen LogP) is 5.45. The van der Waals surface area contributed by atoms with Crippen molar-refractivity contribution in [2.75, 3.05) is 5.75 Å². The molecule has 0 amide bonds. The molecule has 0 aliphatic heterocycles. The Morgan fingerprint density at radius 3 is 2.80 bits per heavy atom. The largest absolute Gasteiger partial charge is 0.462 e. The minimum Gasteiger partial charge on any atom is -0.462 e. The molecule has 1 aromatic carbocycles. The van der Waals surface area contributed by atoms with Crippen LogP contribution in [0.25, 0.3) is 21.3 Å². The van der Waals surface area contributed by atoms with Gasteiger partial charge in [-0.25, -0.2) is 9.97 Å². The molecule has 0 saturated heterocycles. The molecule has 1 atom stereocenters. The van der Waals surface area contributed by atoms with Gasteiger partial charge in [0.1, 0.15) is 16.2 Å². The number of halogens is 1. The number of ether oxygens (including phenoxy) is 1. The first-order valence-electron chi connectivity index (χ1n) is 7.89. The molecule has 7 heteroatoms. The first-order valence-corrected chi connectivity index (χ1v) is 10.1. The van der Waals surface area contributed by atoms with E-state index in [0.29, 0.717) is 5.02 Å². The second kappa shape index (κ2) is 8.17. The minimum absolute atomic E-state index is 0.0655. The molecular formula is C18H17ClN2O2S2. The van der Waals surface area contributed by atoms with Crippen molar-refractivity contribution in [1.29, 1.82) is 0 Å². The number of hydrogen-bond acceptors (Lipinski definition) is 6. The van der Waals surface area contributed by atoms with E-state index in [2.05, 4.69) is 15.3 Å². The second-order valence-corrected chi connectivity index (χ2v) is 7.77. The molecule has 0 spiro atoms. The van der Waals surface area contributed by atoms with Gasteiger partial charge >= 0.3 is 5.97 Å². The number of thiophene rings is 1. The number of aromatic nitrogens is 2. The standard InChI is InChI=1S/C18H17ClN2O2S2/c1-3-11(2)23-15(22)9-25-18-16-14(8-24-17(16)20-10-21-18)12-4-6-13(19)7-5-12/h4-8,10-11H,3,9H2,1-2H3/t11-/m0/s1. The number of esters is 1. The highest BCUT2D eigenvalue weighted by atomic mass is 35.5. The maximum Gasteiger partial charge on any atom is 0.316 e. The molecule has 0 unspecified atom stereocenters. The van der Waals surface area contributed by atoms with Gasteiger partial charge in [0.15, 0.2) is 0 Å². The van der Waals surface area contributed by atoms with Crippen LogP contribution in [0.1, 0.15) is 20.3 Å². The summed E-state index contributed by atoms with van der Waals surface area (Å²) in [6, 6.07) is 7.67. The van der Waals surface area contributed by atoms with Crippen molar-refractivity contribution < 1.29 is 9.53 Å². The summed E-state index contributed by atoms with van der Waals surface area (Å²) in [5, 5.41) is 4.51. The van der Waals surface area contributed by atoms with Crippen LogP contribution in [0.15, 0.2) is 41.0 Å². The Morgan fingerprint density at radius 2 is 2.08 bits per heavy atom. The zero-order valence-corrected chi connectivity index (χ0v) is 16.2. The summed E-state index contributed by atoms with van der Waals surface area (Å²) in [4.78, 5) is 21.6. The smallest absolute Gasteiger partial charge is 0.316 e. The van der Waals surface area contributed by atoms with Gasteiger partial charge in [-0.2, -0.15) is 0 Å². The van der Waals surface area contributed by atoms with Gasteiger partial charge in [-0.3, -0.25) is 4.79 Å². The molecule has 4 nitrogen and oxygen atoms in total. The van der Waals surface area contributed by atoms with E-state index < -0.39 is 0 Å². The lowest BCUT2D eigenvalue weighted by molar-refractivity contribution is -0.144. The lowest BCUT2D eigenvalue weighted by Gasteiger charge is -2.10. The Bertz CT molecular complexity index is 880. The topological polar surface area (TPSA) is 52.1 Å². The first-order chi connectivity index (χ1) is 12.1. The lowest BCUT2D eigenvalue weighted by Crippen LogP contribution is -2.15. The summed E-state index contributed by atoms with van der Waals surface area (Å²) in [5.74, 6) is 0.00111. The Kier molecular flexibility index (Phi) is 5.93. The van der Waals surface area contributed by atoms with E-state index in [1.807, 2.05) is 38.1 Å². The van der Waals surface area contributed by atoms with Gasteiger partial charge < -0.3 is 4.74 Å². The van der Waals surface area contributed by atoms with Gasteiger partial charge in [0.25, 0.3) is 0 Å². The van der Waals surface area contributed by atoms with Crippen LogP contribution < -0.4 is 0 Å². The molecule has 3 rings (SSSR count). The summed E-state index contributed by atoms with van der Waals surface area (Å²) >= 11 is 8.93. The fraction of sp³-hybridized carbons (Fsp3) is 0.278. The van der Waals surface area contributed by atoms with E-state index in [4.69, 9.17) is 16.3 Å². The Hall–Kier alpha value is -1.63. The molecular weight excluding hydrogens is 376 g/mol. The van der Waals surface area contributed by atoms with Gasteiger partial charge in [-0.15, -0.1) is 11.3 Å². The SMILES string of the molecule is CC[C@H](C)OC(=O)CSc1ncnc2scc(-c3ccc(Cl)cc3)c12. The summed E-state index contributed by atoms with van der Waals surface area (Å²) in [6.07, 6.45) is 2.27. The molecule has 25 heavy (non-hydrogen) atoms. The predicted molar refractivity (Wildman–Crippen MR) is 104 cm³/mol. The molecule has 0 N–H and O–H groups in total. The monoisotopic (exact) mass is 392 g/mol. The fourth-order valence-corrected chi connectivity index (χ4v) is 4.17. The first kappa shape index (κ1) is 18.2. The number of benzene rings is 1. The number of carbonyl (C=O) groups is 1. The number of fused-ring (bicyclic) bond motifs is 1. The maximum atomic E-state index is 12.0. The van der Waals surface area contributed by atoms with E-state index >= 15 is 0 Å². The van der Waals surface area contributed by atoms with Crippen LogP contribution in [-0.4, -0.2) is 27.8 Å². The molecule has 2 heterocycles. The summed E-state index contributed by atoms with van der Waals surface area (Å²) < 4.78 is 5.33. The van der Waals surface area contributed by atoms with E-state index in [9.17, 15) is 4.79 Å². The summed E-state index contributed by atoms with van der Waals surface area (Å²) in [5.41, 5.74) is 2.10. The Balaban J connectivity index is 1.87. The van der Waals surface area contributed by atoms with Crippen molar-refractivity contribution in [2.45, 2.75) is 31.4 Å². The van der Waals surface area contributed by atoms with Crippen molar-refractivity contribution in [3.63, 3.8) is 0 Å². The molecule has 0 saturated carbocycles. The average molecular weight is 393 g/mol. The third-order valence-electron chi connectivity index (χ3n) is 3.72. The highest BCUT2D eigenvalue weighted by Crippen LogP contribution is 2.38. The van der Waals surface area contributed by atoms with Crippen molar-refractivity contribution in [2.24, 2.45) is 0 Å². The molecule has 0 radical (unpaired) electrons. The molecule has 0 aliphatic carbocycles. The van der Waals surface area contributed by atoms with Crippen molar-refractivity contribution >= 4 is 50.9 Å². The molecule has 3 aromatic rings. The molecule has 0 aliphatic rings. The molecule has 0 fully saturated rings. The van der Waals surface area contributed by atoms with Crippen molar-refractivity contribution in [3.8, 4) is 11.1 Å². The zero-order valence-electron chi connectivity index (χ0n) is 13.9. The van der Waals surface area contributed by atoms with E-state index in [1.165, 1.54) is 18.1 Å². The third kappa shape index (κ3) is 4.32. The van der Waals surface area contributed by atoms with E-state index in [1.54, 1.807) is 11.3 Å². The van der Waals surface area contributed by atoms with Crippen LogP contribution in [0.2, 0.25) is 5.02 Å². The second-order valence-electron chi connectivity index (χ2n) is 5.51. The highest BCUT2D eigenvalue weighted by molar-refractivity contribution is 8.00.